The molecule has 0 unspecified atom stereocenters. The summed E-state index contributed by atoms with van der Waals surface area (Å²) in [6, 6.07) is 11.2. The fraction of sp³-hybridized carbons (Fsp3) is 0.188. The van der Waals surface area contributed by atoms with E-state index in [4.69, 9.17) is 17.3 Å². The number of nitrogens with one attached hydrogen (secondary N) is 1. The first-order valence-electron chi connectivity index (χ1n) is 6.50. The van der Waals surface area contributed by atoms with Gasteiger partial charge in [-0.15, -0.1) is 11.8 Å². The van der Waals surface area contributed by atoms with Crippen LogP contribution in [0.3, 0.4) is 0 Å². The van der Waals surface area contributed by atoms with Gasteiger partial charge in [0.15, 0.2) is 0 Å². The lowest BCUT2D eigenvalue weighted by atomic mass is 10.1. The Morgan fingerprint density at radius 1 is 1.19 bits per heavy atom. The molecule has 0 fully saturated rings. The second kappa shape index (κ2) is 6.87. The Morgan fingerprint density at radius 2 is 1.95 bits per heavy atom. The molecule has 3 nitrogen and oxygen atoms in total. The van der Waals surface area contributed by atoms with Crippen LogP contribution in [0.15, 0.2) is 41.3 Å². The molecule has 0 saturated heterocycles. The fourth-order valence-electron chi connectivity index (χ4n) is 1.78. The summed E-state index contributed by atoms with van der Waals surface area (Å²) in [6.07, 6.45) is 0. The zero-order valence-corrected chi connectivity index (χ0v) is 13.5. The summed E-state index contributed by atoms with van der Waals surface area (Å²) in [5.41, 5.74) is 9.26. The van der Waals surface area contributed by atoms with Crippen molar-refractivity contribution in [1.82, 2.24) is 0 Å². The summed E-state index contributed by atoms with van der Waals surface area (Å²) >= 11 is 7.51. The van der Waals surface area contributed by atoms with Crippen molar-refractivity contribution in [3.05, 3.63) is 52.5 Å². The van der Waals surface area contributed by atoms with Crippen LogP contribution in [0, 0.1) is 13.8 Å². The number of carbonyl (C=O) groups excluding carboxylic acids is 1. The van der Waals surface area contributed by atoms with Gasteiger partial charge in [0.2, 0.25) is 5.91 Å². The van der Waals surface area contributed by atoms with E-state index in [0.717, 1.165) is 4.90 Å². The van der Waals surface area contributed by atoms with E-state index in [9.17, 15) is 4.79 Å². The second-order valence-electron chi connectivity index (χ2n) is 4.82. The van der Waals surface area contributed by atoms with Gasteiger partial charge >= 0.3 is 0 Å². The number of aryl methyl sites for hydroxylation is 2. The molecule has 0 aromatic heterocycles. The summed E-state index contributed by atoms with van der Waals surface area (Å²) in [7, 11) is 0. The number of thioether (sulfide) groups is 1. The van der Waals surface area contributed by atoms with Crippen molar-refractivity contribution in [3.63, 3.8) is 0 Å². The normalized spacial score (nSPS) is 10.4. The average molecular weight is 321 g/mol. The molecule has 0 aliphatic heterocycles. The first-order chi connectivity index (χ1) is 9.95. The lowest BCUT2D eigenvalue weighted by Gasteiger charge is -2.08. The summed E-state index contributed by atoms with van der Waals surface area (Å²) in [6.45, 7) is 4.13. The maximum Gasteiger partial charge on any atom is 0.234 e. The van der Waals surface area contributed by atoms with Gasteiger partial charge in [0.05, 0.1) is 16.5 Å². The predicted molar refractivity (Wildman–Crippen MR) is 91.1 cm³/mol. The van der Waals surface area contributed by atoms with Gasteiger partial charge in [-0.1, -0.05) is 17.7 Å². The Hall–Kier alpha value is -1.65. The maximum absolute atomic E-state index is 12.0. The number of halogens is 1. The van der Waals surface area contributed by atoms with E-state index >= 15 is 0 Å². The average Bonchev–Trinajstić information content (AvgIpc) is 2.44. The number of hydrogen-bond donors (Lipinski definition) is 2. The Morgan fingerprint density at radius 3 is 2.67 bits per heavy atom. The lowest BCUT2D eigenvalue weighted by Crippen LogP contribution is -2.14. The topological polar surface area (TPSA) is 55.1 Å². The summed E-state index contributed by atoms with van der Waals surface area (Å²) in [5, 5.41) is 3.26. The molecule has 2 rings (SSSR count). The highest BCUT2D eigenvalue weighted by Gasteiger charge is 2.07. The third-order valence-corrected chi connectivity index (χ3v) is 4.44. The second-order valence-corrected chi connectivity index (χ2v) is 6.28. The SMILES string of the molecule is Cc1ccc(SCC(=O)Nc2cc(N)ccc2Cl)cc1C. The van der Waals surface area contributed by atoms with Gasteiger partial charge in [0.1, 0.15) is 0 Å². The minimum atomic E-state index is -0.106. The summed E-state index contributed by atoms with van der Waals surface area (Å²) in [4.78, 5) is 13.0. The van der Waals surface area contributed by atoms with Crippen molar-refractivity contribution in [2.24, 2.45) is 0 Å². The highest BCUT2D eigenvalue weighted by Crippen LogP contribution is 2.25. The molecule has 0 radical (unpaired) electrons. The van der Waals surface area contributed by atoms with Crippen LogP contribution in [0.1, 0.15) is 11.1 Å². The van der Waals surface area contributed by atoms with Crippen molar-refractivity contribution in [1.29, 1.82) is 0 Å². The molecule has 3 N–H and O–H groups in total. The van der Waals surface area contributed by atoms with Crippen LogP contribution in [-0.4, -0.2) is 11.7 Å². The van der Waals surface area contributed by atoms with Gasteiger partial charge in [-0.05, 0) is 55.3 Å². The molecular weight excluding hydrogens is 304 g/mol. The van der Waals surface area contributed by atoms with Crippen LogP contribution in [0.4, 0.5) is 11.4 Å². The number of rotatable bonds is 4. The molecule has 0 spiro atoms. The van der Waals surface area contributed by atoms with Crippen LogP contribution in [-0.2, 0) is 4.79 Å². The van der Waals surface area contributed by atoms with E-state index in [0.29, 0.717) is 22.2 Å². The van der Waals surface area contributed by atoms with Gasteiger partial charge in [-0.2, -0.15) is 0 Å². The van der Waals surface area contributed by atoms with Crippen LogP contribution in [0.5, 0.6) is 0 Å². The van der Waals surface area contributed by atoms with Gasteiger partial charge in [-0.3, -0.25) is 4.79 Å². The van der Waals surface area contributed by atoms with E-state index in [1.165, 1.54) is 22.9 Å². The molecule has 110 valence electrons. The first-order valence-corrected chi connectivity index (χ1v) is 7.87. The van der Waals surface area contributed by atoms with Crippen LogP contribution in [0.2, 0.25) is 5.02 Å². The molecule has 2 aromatic rings. The van der Waals surface area contributed by atoms with E-state index in [-0.39, 0.29) is 5.91 Å². The largest absolute Gasteiger partial charge is 0.399 e. The lowest BCUT2D eigenvalue weighted by molar-refractivity contribution is -0.113. The number of carbonyl (C=O) groups is 1. The molecule has 0 atom stereocenters. The van der Waals surface area contributed by atoms with E-state index < -0.39 is 0 Å². The Balaban J connectivity index is 1.95. The quantitative estimate of drug-likeness (QED) is 0.653. The molecule has 1 amide bonds. The third-order valence-electron chi connectivity index (χ3n) is 3.11. The number of nitrogen functional groups attached to an aromatic ring is 1. The Bertz CT molecular complexity index is 673. The van der Waals surface area contributed by atoms with Gasteiger partial charge in [0, 0.05) is 10.6 Å². The molecule has 5 heteroatoms. The van der Waals surface area contributed by atoms with Gasteiger partial charge < -0.3 is 11.1 Å². The molecule has 0 aliphatic carbocycles. The minimum absolute atomic E-state index is 0.106. The van der Waals surface area contributed by atoms with Crippen molar-refractivity contribution >= 4 is 40.6 Å². The van der Waals surface area contributed by atoms with Crippen molar-refractivity contribution < 1.29 is 4.79 Å². The molecule has 0 bridgehead atoms. The summed E-state index contributed by atoms with van der Waals surface area (Å²) < 4.78 is 0. The monoisotopic (exact) mass is 320 g/mol. The smallest absolute Gasteiger partial charge is 0.234 e. The number of anilines is 2. The summed E-state index contributed by atoms with van der Waals surface area (Å²) in [5.74, 6) is 0.221. The zero-order valence-electron chi connectivity index (χ0n) is 11.9. The van der Waals surface area contributed by atoms with E-state index in [1.807, 2.05) is 6.07 Å². The number of benzene rings is 2. The molecule has 0 aliphatic rings. The Labute approximate surface area is 133 Å². The molecule has 0 saturated carbocycles. The third kappa shape index (κ3) is 4.41. The number of hydrogen-bond acceptors (Lipinski definition) is 3. The molecular formula is C16H17ClN2OS. The highest BCUT2D eigenvalue weighted by atomic mass is 35.5. The maximum atomic E-state index is 12.0. The standard InChI is InChI=1S/C16H17ClN2OS/c1-10-3-5-13(7-11(10)2)21-9-16(20)19-15-8-12(18)4-6-14(15)17/h3-8H,9,18H2,1-2H3,(H,19,20). The molecule has 2 aromatic carbocycles. The van der Waals surface area contributed by atoms with Gasteiger partial charge in [0.25, 0.3) is 0 Å². The van der Waals surface area contributed by atoms with Crippen LogP contribution < -0.4 is 11.1 Å². The minimum Gasteiger partial charge on any atom is -0.399 e. The van der Waals surface area contributed by atoms with Crippen LogP contribution in [0.25, 0.3) is 0 Å². The van der Waals surface area contributed by atoms with Crippen molar-refractivity contribution in [3.8, 4) is 0 Å². The van der Waals surface area contributed by atoms with Crippen molar-refractivity contribution in [2.45, 2.75) is 18.7 Å². The number of nitrogens with two attached hydrogens (primary N) is 1. The highest BCUT2D eigenvalue weighted by molar-refractivity contribution is 8.00. The van der Waals surface area contributed by atoms with E-state index in [2.05, 4.69) is 31.3 Å². The molecule has 0 heterocycles. The Kier molecular flexibility index (Phi) is 5.15. The first kappa shape index (κ1) is 15.7. The van der Waals surface area contributed by atoms with Gasteiger partial charge in [-0.25, -0.2) is 0 Å². The van der Waals surface area contributed by atoms with Crippen LogP contribution >= 0.6 is 23.4 Å². The molecule has 21 heavy (non-hydrogen) atoms. The van der Waals surface area contributed by atoms with Crippen molar-refractivity contribution in [2.75, 3.05) is 16.8 Å². The zero-order chi connectivity index (χ0) is 15.4. The predicted octanol–water partition coefficient (Wildman–Crippen LogP) is 4.27. The van der Waals surface area contributed by atoms with E-state index in [1.54, 1.807) is 18.2 Å². The fourth-order valence-corrected chi connectivity index (χ4v) is 2.74. The number of amides is 1.